The van der Waals surface area contributed by atoms with E-state index in [0.717, 1.165) is 25.1 Å². The monoisotopic (exact) mass is 332 g/mol. The van der Waals surface area contributed by atoms with E-state index in [4.69, 9.17) is 5.73 Å². The lowest BCUT2D eigenvalue weighted by molar-refractivity contribution is -0.127. The number of hydrogen-bond donors (Lipinski definition) is 1. The summed E-state index contributed by atoms with van der Waals surface area (Å²) in [7, 11) is 3.83. The second-order valence-corrected chi connectivity index (χ2v) is 7.50. The molecule has 1 aromatic heterocycles. The van der Waals surface area contributed by atoms with Gasteiger partial charge in [-0.1, -0.05) is 13.8 Å². The van der Waals surface area contributed by atoms with Crippen LogP contribution in [0.25, 0.3) is 0 Å². The molecule has 1 aliphatic heterocycles. The Labute approximate surface area is 144 Å². The Morgan fingerprint density at radius 1 is 1.42 bits per heavy atom. The summed E-state index contributed by atoms with van der Waals surface area (Å²) in [6.07, 6.45) is 6.01. The summed E-state index contributed by atoms with van der Waals surface area (Å²) in [4.78, 5) is 32.4. The van der Waals surface area contributed by atoms with Crippen LogP contribution in [0.4, 0.5) is 5.69 Å². The van der Waals surface area contributed by atoms with E-state index >= 15 is 0 Å². The number of anilines is 1. The molecule has 2 N–H and O–H groups in total. The van der Waals surface area contributed by atoms with Crippen molar-refractivity contribution < 1.29 is 9.59 Å². The zero-order valence-electron chi connectivity index (χ0n) is 15.1. The number of nitrogens with zero attached hydrogens (tertiary/aromatic N) is 3. The number of carbonyl (C=O) groups is 2. The van der Waals surface area contributed by atoms with Crippen LogP contribution in [-0.2, 0) is 4.79 Å². The van der Waals surface area contributed by atoms with Crippen molar-refractivity contribution in [1.29, 1.82) is 0 Å². The lowest BCUT2D eigenvalue weighted by Crippen LogP contribution is -2.43. The third-order valence-corrected chi connectivity index (χ3v) is 4.78. The van der Waals surface area contributed by atoms with Gasteiger partial charge in [0.1, 0.15) is 0 Å². The first kappa shape index (κ1) is 18.2. The van der Waals surface area contributed by atoms with Gasteiger partial charge in [0.15, 0.2) is 0 Å². The molecule has 2 rings (SSSR count). The molecule has 0 radical (unpaired) electrons. The Hall–Kier alpha value is -2.11. The van der Waals surface area contributed by atoms with Crippen LogP contribution in [0, 0.1) is 11.3 Å². The molecule has 0 saturated carbocycles. The van der Waals surface area contributed by atoms with Crippen LogP contribution >= 0.6 is 0 Å². The van der Waals surface area contributed by atoms with Crippen LogP contribution in [0.15, 0.2) is 18.5 Å². The van der Waals surface area contributed by atoms with E-state index in [1.54, 1.807) is 12.4 Å². The van der Waals surface area contributed by atoms with E-state index < -0.39 is 5.41 Å². The van der Waals surface area contributed by atoms with E-state index in [2.05, 4.69) is 4.98 Å². The molecule has 2 heterocycles. The number of aromatic nitrogens is 1. The highest BCUT2D eigenvalue weighted by Gasteiger charge is 2.33. The molecule has 6 heteroatoms. The Balaban J connectivity index is 2.12. The van der Waals surface area contributed by atoms with Crippen molar-refractivity contribution in [2.24, 2.45) is 17.1 Å². The fourth-order valence-corrected chi connectivity index (χ4v) is 3.35. The average Bonchev–Trinajstić information content (AvgIpc) is 2.53. The van der Waals surface area contributed by atoms with Crippen LogP contribution in [0.1, 0.15) is 43.5 Å². The number of carbonyl (C=O) groups excluding carboxylic acids is 2. The average molecular weight is 332 g/mol. The molecular formula is C18H28N4O2. The minimum Gasteiger partial charge on any atom is -0.377 e. The van der Waals surface area contributed by atoms with Gasteiger partial charge in [0, 0.05) is 45.0 Å². The number of piperidine rings is 1. The quantitative estimate of drug-likeness (QED) is 0.893. The number of pyridine rings is 1. The second-order valence-electron chi connectivity index (χ2n) is 7.50. The Morgan fingerprint density at radius 3 is 2.75 bits per heavy atom. The Bertz CT molecular complexity index is 613. The fourth-order valence-electron chi connectivity index (χ4n) is 3.35. The maximum Gasteiger partial charge on any atom is 0.257 e. The molecule has 1 saturated heterocycles. The largest absolute Gasteiger partial charge is 0.377 e. The lowest BCUT2D eigenvalue weighted by atomic mass is 9.79. The molecule has 0 aliphatic carbocycles. The van der Waals surface area contributed by atoms with Gasteiger partial charge >= 0.3 is 0 Å². The normalized spacial score (nSPS) is 18.3. The van der Waals surface area contributed by atoms with Gasteiger partial charge in [0.25, 0.3) is 5.91 Å². The second kappa shape index (κ2) is 7.20. The lowest BCUT2D eigenvalue weighted by Gasteiger charge is -2.36. The zero-order valence-corrected chi connectivity index (χ0v) is 15.1. The van der Waals surface area contributed by atoms with Crippen LogP contribution < -0.4 is 10.6 Å². The highest BCUT2D eigenvalue weighted by atomic mass is 16.2. The highest BCUT2D eigenvalue weighted by Crippen LogP contribution is 2.31. The predicted octanol–water partition coefficient (Wildman–Crippen LogP) is 1.90. The molecule has 1 aromatic rings. The van der Waals surface area contributed by atoms with Gasteiger partial charge in [-0.3, -0.25) is 14.6 Å². The minimum absolute atomic E-state index is 0.00776. The van der Waals surface area contributed by atoms with Gasteiger partial charge in [-0.05, 0) is 31.2 Å². The molecule has 1 atom stereocenters. The third kappa shape index (κ3) is 4.04. The maximum absolute atomic E-state index is 12.9. The summed E-state index contributed by atoms with van der Waals surface area (Å²) in [5.41, 5.74) is 6.44. The van der Waals surface area contributed by atoms with Crippen molar-refractivity contribution in [3.63, 3.8) is 0 Å². The Kier molecular flexibility index (Phi) is 5.47. The first-order valence-corrected chi connectivity index (χ1v) is 8.43. The molecule has 6 nitrogen and oxygen atoms in total. The van der Waals surface area contributed by atoms with Crippen molar-refractivity contribution in [3.05, 3.63) is 24.0 Å². The van der Waals surface area contributed by atoms with Gasteiger partial charge < -0.3 is 15.5 Å². The van der Waals surface area contributed by atoms with E-state index in [0.29, 0.717) is 24.4 Å². The van der Waals surface area contributed by atoms with Crippen molar-refractivity contribution >= 4 is 17.5 Å². The van der Waals surface area contributed by atoms with Crippen LogP contribution in [0.5, 0.6) is 0 Å². The summed E-state index contributed by atoms with van der Waals surface area (Å²) in [6, 6.07) is 1.85. The summed E-state index contributed by atoms with van der Waals surface area (Å²) < 4.78 is 0. The highest BCUT2D eigenvalue weighted by molar-refractivity contribution is 5.99. The van der Waals surface area contributed by atoms with Gasteiger partial charge in [-0.25, -0.2) is 0 Å². The topological polar surface area (TPSA) is 79.5 Å². The van der Waals surface area contributed by atoms with Crippen LogP contribution in [-0.4, -0.2) is 48.9 Å². The molecular weight excluding hydrogens is 304 g/mol. The molecule has 132 valence electrons. The van der Waals surface area contributed by atoms with Gasteiger partial charge in [0.2, 0.25) is 5.91 Å². The van der Waals surface area contributed by atoms with E-state index in [1.165, 1.54) is 0 Å². The molecule has 1 unspecified atom stereocenters. The number of nitrogens with two attached hydrogens (primary N) is 1. The minimum atomic E-state index is -0.542. The van der Waals surface area contributed by atoms with E-state index in [1.807, 2.05) is 43.8 Å². The molecule has 1 aliphatic rings. The standard InChI is InChI=1S/C18H28N4O2/c1-18(2,17(19)24)10-13-6-5-9-22(12-13)16(23)14-11-20-8-7-15(14)21(3)4/h7-8,11,13H,5-6,9-10,12H2,1-4H3,(H2,19,24). The molecule has 1 fully saturated rings. The summed E-state index contributed by atoms with van der Waals surface area (Å²) >= 11 is 0. The van der Waals surface area contributed by atoms with Crippen LogP contribution in [0.2, 0.25) is 0 Å². The molecule has 24 heavy (non-hydrogen) atoms. The third-order valence-electron chi connectivity index (χ3n) is 4.78. The van der Waals surface area contributed by atoms with Crippen LogP contribution in [0.3, 0.4) is 0 Å². The molecule has 0 aromatic carbocycles. The van der Waals surface area contributed by atoms with Crippen molar-refractivity contribution in [1.82, 2.24) is 9.88 Å². The smallest absolute Gasteiger partial charge is 0.257 e. The van der Waals surface area contributed by atoms with E-state index in [-0.39, 0.29) is 11.8 Å². The first-order chi connectivity index (χ1) is 11.2. The van der Waals surface area contributed by atoms with Crippen molar-refractivity contribution in [3.8, 4) is 0 Å². The number of primary amides is 1. The number of likely N-dealkylation sites (tertiary alicyclic amines) is 1. The summed E-state index contributed by atoms with van der Waals surface area (Å²) in [5, 5.41) is 0. The van der Waals surface area contributed by atoms with Crippen molar-refractivity contribution in [2.45, 2.75) is 33.1 Å². The summed E-state index contributed by atoms with van der Waals surface area (Å²) in [5.74, 6) is 0.0196. The molecule has 0 bridgehead atoms. The number of rotatable bonds is 5. The van der Waals surface area contributed by atoms with Crippen molar-refractivity contribution in [2.75, 3.05) is 32.1 Å². The van der Waals surface area contributed by atoms with Gasteiger partial charge in [0.05, 0.1) is 11.3 Å². The van der Waals surface area contributed by atoms with Gasteiger partial charge in [-0.15, -0.1) is 0 Å². The predicted molar refractivity (Wildman–Crippen MR) is 94.8 cm³/mol. The Morgan fingerprint density at radius 2 is 2.12 bits per heavy atom. The number of amides is 2. The SMILES string of the molecule is CN(C)c1ccncc1C(=O)N1CCCC(CC(C)(C)C(N)=O)C1. The summed E-state index contributed by atoms with van der Waals surface area (Å²) in [6.45, 7) is 5.16. The zero-order chi connectivity index (χ0) is 17.9. The van der Waals surface area contributed by atoms with Gasteiger partial charge in [-0.2, -0.15) is 0 Å². The maximum atomic E-state index is 12.9. The molecule has 0 spiro atoms. The number of hydrogen-bond acceptors (Lipinski definition) is 4. The fraction of sp³-hybridized carbons (Fsp3) is 0.611. The molecule has 2 amide bonds. The van der Waals surface area contributed by atoms with E-state index in [9.17, 15) is 9.59 Å². The first-order valence-electron chi connectivity index (χ1n) is 8.43.